The summed E-state index contributed by atoms with van der Waals surface area (Å²) in [5.74, 6) is 2.03. The van der Waals surface area contributed by atoms with E-state index in [1.807, 2.05) is 0 Å². The van der Waals surface area contributed by atoms with Crippen molar-refractivity contribution in [3.63, 3.8) is 0 Å². The van der Waals surface area contributed by atoms with E-state index in [0.29, 0.717) is 0 Å². The Kier molecular flexibility index (Phi) is 6.86. The molecule has 2 heterocycles. The molecule has 0 aromatic carbocycles. The summed E-state index contributed by atoms with van der Waals surface area (Å²) in [6.45, 7) is -0.886. The molecule has 16 nitrogen and oxygen atoms in total. The number of aliphatic hydroxyl groups is 1. The molecule has 2 aromatic heterocycles. The van der Waals surface area contributed by atoms with Crippen LogP contribution in [0.1, 0.15) is 18.9 Å². The number of fused-ring (bicyclic) bond motifs is 1. The van der Waals surface area contributed by atoms with Crippen LogP contribution in [0, 0.1) is 23.8 Å². The Labute approximate surface area is 184 Å². The predicted octanol–water partition coefficient (Wildman–Crippen LogP) is 0.206. The number of nitrogens with zero attached hydrogens (tertiary/aromatic N) is 4. The van der Waals surface area contributed by atoms with Gasteiger partial charge in [0.25, 0.3) is 0 Å². The van der Waals surface area contributed by atoms with E-state index in [-0.39, 0.29) is 29.8 Å². The van der Waals surface area contributed by atoms with Crippen LogP contribution >= 0.6 is 23.5 Å². The van der Waals surface area contributed by atoms with Crippen molar-refractivity contribution >= 4 is 40.4 Å². The standard InChI is InChI=1S/C13H17FN5O11P3/c1-2-13(5-28-32(24,25)30-33(26,27)29-31(21,22)23)4-7(3-8(13)20)19-6-16-9-10(15)17-12(14)18-11(9)19/h1,6-8,20H,3-5H2,(H,24,25)(H,26,27)(H2,15,17,18)(H2,21,22,23)/t7-,8-,13+/m1/s1. The second-order valence-electron chi connectivity index (χ2n) is 6.98. The van der Waals surface area contributed by atoms with Crippen molar-refractivity contribution in [1.82, 2.24) is 19.5 Å². The molecular weight excluding hydrogens is 514 g/mol. The zero-order valence-corrected chi connectivity index (χ0v) is 18.9. The molecule has 3 rings (SSSR count). The Morgan fingerprint density at radius 3 is 2.52 bits per heavy atom. The summed E-state index contributed by atoms with van der Waals surface area (Å²) in [5, 5.41) is 10.5. The molecule has 7 N–H and O–H groups in total. The molecule has 20 heteroatoms. The van der Waals surface area contributed by atoms with E-state index >= 15 is 0 Å². The average molecular weight is 531 g/mol. The van der Waals surface area contributed by atoms with Crippen molar-refractivity contribution in [2.24, 2.45) is 5.41 Å². The molecule has 5 atom stereocenters. The van der Waals surface area contributed by atoms with Gasteiger partial charge in [-0.1, -0.05) is 5.92 Å². The molecule has 0 spiro atoms. The normalized spacial score (nSPS) is 27.2. The fourth-order valence-corrected chi connectivity index (χ4v) is 6.45. The van der Waals surface area contributed by atoms with Crippen LogP contribution in [-0.4, -0.2) is 56.9 Å². The number of halogens is 1. The highest BCUT2D eigenvalue weighted by atomic mass is 31.3. The maximum Gasteiger partial charge on any atom is 0.490 e. The second-order valence-corrected chi connectivity index (χ2v) is 11.4. The molecule has 0 bridgehead atoms. The number of anilines is 1. The molecule has 182 valence electrons. The third kappa shape index (κ3) is 5.83. The monoisotopic (exact) mass is 531 g/mol. The molecule has 2 unspecified atom stereocenters. The van der Waals surface area contributed by atoms with Crippen LogP contribution in [0.5, 0.6) is 0 Å². The molecule has 0 amide bonds. The Morgan fingerprint density at radius 1 is 1.24 bits per heavy atom. The lowest BCUT2D eigenvalue weighted by atomic mass is 9.86. The number of terminal acetylenes is 1. The minimum atomic E-state index is -5.72. The maximum absolute atomic E-state index is 13.6. The fraction of sp³-hybridized carbons (Fsp3) is 0.462. The first-order valence-electron chi connectivity index (χ1n) is 8.66. The molecule has 1 aliphatic carbocycles. The van der Waals surface area contributed by atoms with Crippen molar-refractivity contribution in [1.29, 1.82) is 0 Å². The van der Waals surface area contributed by atoms with Crippen LogP contribution < -0.4 is 5.73 Å². The Morgan fingerprint density at radius 2 is 1.91 bits per heavy atom. The van der Waals surface area contributed by atoms with Crippen LogP contribution in [-0.2, 0) is 26.8 Å². The summed E-state index contributed by atoms with van der Waals surface area (Å²) < 4.78 is 61.0. The minimum Gasteiger partial charge on any atom is -0.391 e. The van der Waals surface area contributed by atoms with E-state index < -0.39 is 53.7 Å². The summed E-state index contributed by atoms with van der Waals surface area (Å²) in [4.78, 5) is 47.0. The number of aromatic nitrogens is 4. The van der Waals surface area contributed by atoms with Gasteiger partial charge < -0.3 is 35.0 Å². The Balaban J connectivity index is 1.78. The summed E-state index contributed by atoms with van der Waals surface area (Å²) in [7, 11) is -16.7. The third-order valence-corrected chi connectivity index (χ3v) is 8.52. The molecule has 33 heavy (non-hydrogen) atoms. The zero-order valence-electron chi connectivity index (χ0n) is 16.2. The fourth-order valence-electron chi connectivity index (χ4n) is 3.36. The largest absolute Gasteiger partial charge is 0.490 e. The predicted molar refractivity (Wildman–Crippen MR) is 105 cm³/mol. The number of nitrogen functional groups attached to an aromatic ring is 1. The smallest absolute Gasteiger partial charge is 0.391 e. The summed E-state index contributed by atoms with van der Waals surface area (Å²) in [5.41, 5.74) is 4.09. The first-order chi connectivity index (χ1) is 15.1. The van der Waals surface area contributed by atoms with Gasteiger partial charge in [-0.25, -0.2) is 18.7 Å². The lowest BCUT2D eigenvalue weighted by molar-refractivity contribution is 0.0443. The number of hydrogen-bond acceptors (Lipinski definition) is 11. The second kappa shape index (κ2) is 8.77. The van der Waals surface area contributed by atoms with Crippen LogP contribution in [0.2, 0.25) is 0 Å². The molecular formula is C13H17FN5O11P3. The number of phosphoric acid groups is 3. The zero-order chi connectivity index (χ0) is 24.8. The van der Waals surface area contributed by atoms with Crippen LogP contribution in [0.4, 0.5) is 10.2 Å². The Hall–Kier alpha value is -1.79. The van der Waals surface area contributed by atoms with Crippen molar-refractivity contribution in [3.8, 4) is 12.3 Å². The van der Waals surface area contributed by atoms with E-state index in [1.165, 1.54) is 10.9 Å². The van der Waals surface area contributed by atoms with Crippen LogP contribution in [0.15, 0.2) is 6.33 Å². The Bertz CT molecular complexity index is 1260. The van der Waals surface area contributed by atoms with E-state index in [0.717, 1.165) is 0 Å². The quantitative estimate of drug-likeness (QED) is 0.151. The highest BCUT2D eigenvalue weighted by Crippen LogP contribution is 2.66. The van der Waals surface area contributed by atoms with Gasteiger partial charge in [-0.15, -0.1) is 6.42 Å². The molecule has 0 aliphatic heterocycles. The summed E-state index contributed by atoms with van der Waals surface area (Å²) >= 11 is 0. The minimum absolute atomic E-state index is 0.0120. The molecule has 2 aromatic rings. The number of nitrogens with two attached hydrogens (primary N) is 1. The lowest BCUT2D eigenvalue weighted by Gasteiger charge is -2.27. The number of phosphoric ester groups is 1. The summed E-state index contributed by atoms with van der Waals surface area (Å²) in [6.07, 6.45) is 4.15. The van der Waals surface area contributed by atoms with Gasteiger partial charge >= 0.3 is 29.5 Å². The maximum atomic E-state index is 13.6. The highest BCUT2D eigenvalue weighted by molar-refractivity contribution is 7.66. The van der Waals surface area contributed by atoms with Gasteiger partial charge in [-0.2, -0.15) is 23.0 Å². The molecule has 1 fully saturated rings. The first-order valence-corrected chi connectivity index (χ1v) is 13.2. The van der Waals surface area contributed by atoms with Gasteiger partial charge in [-0.3, -0.25) is 4.52 Å². The van der Waals surface area contributed by atoms with E-state index in [2.05, 4.69) is 34.0 Å². The van der Waals surface area contributed by atoms with Gasteiger partial charge in [0.15, 0.2) is 11.5 Å². The average Bonchev–Trinajstić information content (AvgIpc) is 3.18. The lowest BCUT2D eigenvalue weighted by Crippen LogP contribution is -2.33. The van der Waals surface area contributed by atoms with Crippen molar-refractivity contribution in [3.05, 3.63) is 12.4 Å². The van der Waals surface area contributed by atoms with Crippen LogP contribution in [0.25, 0.3) is 11.2 Å². The van der Waals surface area contributed by atoms with Crippen molar-refractivity contribution < 1.29 is 55.9 Å². The van der Waals surface area contributed by atoms with Crippen molar-refractivity contribution in [2.75, 3.05) is 12.3 Å². The van der Waals surface area contributed by atoms with E-state index in [9.17, 15) is 33.0 Å². The first kappa shape index (κ1) is 25.8. The van der Waals surface area contributed by atoms with Gasteiger partial charge in [0.05, 0.1) is 24.5 Å². The molecule has 0 radical (unpaired) electrons. The summed E-state index contributed by atoms with van der Waals surface area (Å²) in [6, 6.07) is -0.653. The number of imidazole rings is 1. The topological polar surface area (TPSA) is 250 Å². The van der Waals surface area contributed by atoms with Gasteiger partial charge in [0.1, 0.15) is 5.52 Å². The molecule has 0 saturated heterocycles. The molecule has 1 saturated carbocycles. The molecule has 1 aliphatic rings. The third-order valence-electron chi connectivity index (χ3n) is 4.74. The number of aliphatic hydroxyl groups excluding tert-OH is 1. The van der Waals surface area contributed by atoms with Gasteiger partial charge in [0.2, 0.25) is 0 Å². The number of rotatable bonds is 8. The van der Waals surface area contributed by atoms with E-state index in [4.69, 9.17) is 21.9 Å². The van der Waals surface area contributed by atoms with Crippen LogP contribution in [0.3, 0.4) is 0 Å². The van der Waals surface area contributed by atoms with Crippen molar-refractivity contribution in [2.45, 2.75) is 25.0 Å². The van der Waals surface area contributed by atoms with E-state index in [1.54, 1.807) is 0 Å². The van der Waals surface area contributed by atoms with Gasteiger partial charge in [0, 0.05) is 6.04 Å². The SMILES string of the molecule is C#C[C@@]1(COP(=O)(O)OP(=O)(O)OP(=O)(O)O)C[C@H](n2cnc3c(N)nc(F)nc32)C[C@H]1O. The number of hydrogen-bond donors (Lipinski definition) is 6. The highest BCUT2D eigenvalue weighted by Gasteiger charge is 2.49. The van der Waals surface area contributed by atoms with Gasteiger partial charge in [-0.05, 0) is 12.8 Å².